The minimum atomic E-state index is -1.03. The summed E-state index contributed by atoms with van der Waals surface area (Å²) in [6.45, 7) is 3.68. The predicted molar refractivity (Wildman–Crippen MR) is 128 cm³/mol. The van der Waals surface area contributed by atoms with Crippen molar-refractivity contribution in [2.75, 3.05) is 4.90 Å². The number of amides is 2. The molecule has 1 saturated heterocycles. The van der Waals surface area contributed by atoms with Gasteiger partial charge in [-0.05, 0) is 67.0 Å². The molecule has 2 aromatic carbocycles. The Kier molecular flexibility index (Phi) is 5.93. The Morgan fingerprint density at radius 3 is 2.64 bits per heavy atom. The summed E-state index contributed by atoms with van der Waals surface area (Å²) in [5, 5.41) is 11.9. The average Bonchev–Trinajstić information content (AvgIpc) is 3.25. The fourth-order valence-corrected chi connectivity index (χ4v) is 3.91. The zero-order chi connectivity index (χ0) is 23.7. The molecule has 0 spiro atoms. The van der Waals surface area contributed by atoms with E-state index in [-0.39, 0.29) is 22.0 Å². The van der Waals surface area contributed by atoms with Crippen LogP contribution in [0.4, 0.5) is 5.69 Å². The Morgan fingerprint density at radius 1 is 1.15 bits per heavy atom. The number of nitrogens with zero attached hydrogens (tertiary/aromatic N) is 1. The molecular weight excluding hydrogens is 440 g/mol. The number of benzene rings is 2. The van der Waals surface area contributed by atoms with Crippen LogP contribution in [0.25, 0.3) is 17.4 Å². The molecule has 0 aliphatic carbocycles. The van der Waals surface area contributed by atoms with Crippen molar-refractivity contribution in [3.63, 3.8) is 0 Å². The summed E-state index contributed by atoms with van der Waals surface area (Å²) in [6.07, 6.45) is 2.04. The number of aromatic carboxylic acids is 1. The molecule has 8 heteroatoms. The van der Waals surface area contributed by atoms with Gasteiger partial charge in [0.1, 0.15) is 17.1 Å². The van der Waals surface area contributed by atoms with Crippen LogP contribution in [0.15, 0.2) is 64.6 Å². The number of rotatable bonds is 5. The van der Waals surface area contributed by atoms with E-state index < -0.39 is 17.8 Å². The first-order valence-electron chi connectivity index (χ1n) is 10.2. The lowest BCUT2D eigenvalue weighted by Crippen LogP contribution is -2.54. The maximum absolute atomic E-state index is 13.3. The number of furan rings is 1. The van der Waals surface area contributed by atoms with Gasteiger partial charge in [0.05, 0.1) is 11.3 Å². The smallest absolute Gasteiger partial charge is 0.335 e. The Hall–Kier alpha value is -4.04. The van der Waals surface area contributed by atoms with Gasteiger partial charge in [-0.25, -0.2) is 4.79 Å². The Bertz CT molecular complexity index is 1340. The van der Waals surface area contributed by atoms with E-state index in [9.17, 15) is 19.5 Å². The summed E-state index contributed by atoms with van der Waals surface area (Å²) in [7, 11) is 0. The lowest BCUT2D eigenvalue weighted by molar-refractivity contribution is -0.122. The Morgan fingerprint density at radius 2 is 1.91 bits per heavy atom. The number of carbonyl (C=O) groups excluding carboxylic acids is 2. The molecule has 3 aromatic rings. The molecule has 33 heavy (non-hydrogen) atoms. The van der Waals surface area contributed by atoms with E-state index >= 15 is 0 Å². The van der Waals surface area contributed by atoms with Crippen molar-refractivity contribution >= 4 is 46.9 Å². The molecule has 0 bridgehead atoms. The quantitative estimate of drug-likeness (QED) is 0.334. The van der Waals surface area contributed by atoms with Crippen molar-refractivity contribution < 1.29 is 23.9 Å². The van der Waals surface area contributed by atoms with Gasteiger partial charge in [-0.3, -0.25) is 19.8 Å². The molecule has 7 nitrogen and oxygen atoms in total. The molecule has 2 heterocycles. The molecule has 2 amide bonds. The molecule has 4 rings (SSSR count). The third-order valence-electron chi connectivity index (χ3n) is 5.38. The van der Waals surface area contributed by atoms with Gasteiger partial charge in [-0.15, -0.1) is 0 Å². The molecule has 0 radical (unpaired) electrons. The fraction of sp³-hybridized carbons (Fsp3) is 0.120. The van der Waals surface area contributed by atoms with E-state index in [4.69, 9.17) is 16.6 Å². The van der Waals surface area contributed by atoms with Crippen molar-refractivity contribution in [3.05, 3.63) is 82.6 Å². The van der Waals surface area contributed by atoms with E-state index in [1.165, 1.54) is 17.0 Å². The normalized spacial score (nSPS) is 15.2. The minimum Gasteiger partial charge on any atom is -0.478 e. The first-order valence-corrected chi connectivity index (χ1v) is 10.6. The number of aryl methyl sites for hydroxylation is 2. The minimum absolute atomic E-state index is 0.0176. The topological polar surface area (TPSA) is 99.8 Å². The van der Waals surface area contributed by atoms with Crippen LogP contribution in [0.3, 0.4) is 0 Å². The van der Waals surface area contributed by atoms with Gasteiger partial charge in [-0.1, -0.05) is 37.3 Å². The van der Waals surface area contributed by atoms with Crippen LogP contribution in [-0.2, 0) is 16.0 Å². The largest absolute Gasteiger partial charge is 0.478 e. The number of carboxylic acid groups (broad SMARTS) is 1. The van der Waals surface area contributed by atoms with Gasteiger partial charge in [0, 0.05) is 5.56 Å². The van der Waals surface area contributed by atoms with E-state index in [0.29, 0.717) is 29.0 Å². The van der Waals surface area contributed by atoms with Gasteiger partial charge in [0.15, 0.2) is 5.11 Å². The average molecular weight is 461 g/mol. The molecule has 1 fully saturated rings. The standard InChI is InChI=1S/C25H20N2O5S/c1-3-15-6-4-5-7-20(15)27-23(29)19(22(28)26-25(27)33)13-17-10-11-21(32-17)16-9-8-14(2)18(12-16)24(30)31/h4-13H,3H2,1-2H3,(H,30,31)(H,26,28,33)/b19-13+. The van der Waals surface area contributed by atoms with Crippen LogP contribution in [0, 0.1) is 6.92 Å². The lowest BCUT2D eigenvalue weighted by Gasteiger charge is -2.30. The third-order valence-corrected chi connectivity index (χ3v) is 5.67. The highest BCUT2D eigenvalue weighted by Crippen LogP contribution is 2.28. The van der Waals surface area contributed by atoms with Crippen molar-refractivity contribution in [3.8, 4) is 11.3 Å². The van der Waals surface area contributed by atoms with E-state index in [2.05, 4.69) is 5.32 Å². The van der Waals surface area contributed by atoms with Crippen molar-refractivity contribution in [1.82, 2.24) is 5.32 Å². The first kappa shape index (κ1) is 22.2. The third kappa shape index (κ3) is 4.20. The van der Waals surface area contributed by atoms with Crippen LogP contribution in [-0.4, -0.2) is 28.0 Å². The molecule has 1 aliphatic rings. The number of anilines is 1. The molecule has 1 aliphatic heterocycles. The summed E-state index contributed by atoms with van der Waals surface area (Å²) < 4.78 is 5.80. The van der Waals surface area contributed by atoms with Gasteiger partial charge in [0.25, 0.3) is 11.8 Å². The van der Waals surface area contributed by atoms with Crippen LogP contribution < -0.4 is 10.2 Å². The van der Waals surface area contributed by atoms with Crippen LogP contribution in [0.5, 0.6) is 0 Å². The second-order valence-electron chi connectivity index (χ2n) is 7.48. The molecule has 0 atom stereocenters. The van der Waals surface area contributed by atoms with Crippen LogP contribution in [0.1, 0.15) is 34.2 Å². The summed E-state index contributed by atoms with van der Waals surface area (Å²) in [6, 6.07) is 15.6. The summed E-state index contributed by atoms with van der Waals surface area (Å²) >= 11 is 5.27. The van der Waals surface area contributed by atoms with Crippen LogP contribution in [0.2, 0.25) is 0 Å². The zero-order valence-corrected chi connectivity index (χ0v) is 18.7. The monoisotopic (exact) mass is 460 g/mol. The van der Waals surface area contributed by atoms with Gasteiger partial charge < -0.3 is 9.52 Å². The Labute approximate surface area is 195 Å². The fourth-order valence-electron chi connectivity index (χ4n) is 3.64. The predicted octanol–water partition coefficient (Wildman–Crippen LogP) is 4.35. The van der Waals surface area contributed by atoms with E-state index in [1.807, 2.05) is 19.1 Å². The molecular formula is C25H20N2O5S. The molecule has 1 aromatic heterocycles. The van der Waals surface area contributed by atoms with Crippen molar-refractivity contribution in [2.45, 2.75) is 20.3 Å². The SMILES string of the molecule is CCc1ccccc1N1C(=O)/C(=C/c2ccc(-c3ccc(C)c(C(=O)O)c3)o2)C(=O)NC1=S. The highest BCUT2D eigenvalue weighted by Gasteiger charge is 2.35. The highest BCUT2D eigenvalue weighted by molar-refractivity contribution is 7.80. The van der Waals surface area contributed by atoms with E-state index in [0.717, 1.165) is 5.56 Å². The number of hydrogen-bond acceptors (Lipinski definition) is 5. The maximum atomic E-state index is 13.3. The number of carboxylic acids is 1. The molecule has 2 N–H and O–H groups in total. The summed E-state index contributed by atoms with van der Waals surface area (Å²) in [5.74, 6) is -1.51. The number of hydrogen-bond donors (Lipinski definition) is 2. The van der Waals surface area contributed by atoms with Crippen molar-refractivity contribution in [1.29, 1.82) is 0 Å². The first-order chi connectivity index (χ1) is 15.8. The van der Waals surface area contributed by atoms with Gasteiger partial charge in [-0.2, -0.15) is 0 Å². The molecule has 0 saturated carbocycles. The van der Waals surface area contributed by atoms with Crippen molar-refractivity contribution in [2.24, 2.45) is 0 Å². The number of para-hydroxylation sites is 1. The number of nitrogens with one attached hydrogen (secondary N) is 1. The number of thiocarbonyl (C=S) groups is 1. The number of carbonyl (C=O) groups is 3. The maximum Gasteiger partial charge on any atom is 0.335 e. The second kappa shape index (κ2) is 8.84. The molecule has 0 unspecified atom stereocenters. The summed E-state index contributed by atoms with van der Waals surface area (Å²) in [5.41, 5.74) is 2.78. The zero-order valence-electron chi connectivity index (χ0n) is 17.9. The highest BCUT2D eigenvalue weighted by atomic mass is 32.1. The summed E-state index contributed by atoms with van der Waals surface area (Å²) in [4.78, 5) is 38.6. The molecule has 166 valence electrons. The van der Waals surface area contributed by atoms with Gasteiger partial charge >= 0.3 is 5.97 Å². The second-order valence-corrected chi connectivity index (χ2v) is 7.86. The Balaban J connectivity index is 1.69. The van der Waals surface area contributed by atoms with Crippen LogP contribution >= 0.6 is 12.2 Å². The van der Waals surface area contributed by atoms with Gasteiger partial charge in [0.2, 0.25) is 0 Å². The lowest BCUT2D eigenvalue weighted by atomic mass is 10.0. The van der Waals surface area contributed by atoms with E-state index in [1.54, 1.807) is 43.3 Å².